The molecule has 2 aromatic carbocycles. The van der Waals surface area contributed by atoms with Crippen molar-refractivity contribution in [1.29, 1.82) is 0 Å². The van der Waals surface area contributed by atoms with Gasteiger partial charge in [0.2, 0.25) is 0 Å². The van der Waals surface area contributed by atoms with Crippen molar-refractivity contribution in [3.05, 3.63) is 65.2 Å². The summed E-state index contributed by atoms with van der Waals surface area (Å²) >= 11 is 0. The van der Waals surface area contributed by atoms with Crippen molar-refractivity contribution in [2.24, 2.45) is 0 Å². The summed E-state index contributed by atoms with van der Waals surface area (Å²) in [6.45, 7) is 0.00928. The van der Waals surface area contributed by atoms with Crippen LogP contribution < -0.4 is 4.90 Å². The Morgan fingerprint density at radius 2 is 1.62 bits per heavy atom. The molecule has 0 radical (unpaired) electrons. The highest BCUT2D eigenvalue weighted by Crippen LogP contribution is 2.14. The third-order valence-corrected chi connectivity index (χ3v) is 5.07. The molecule has 0 aliphatic rings. The highest BCUT2D eigenvalue weighted by atomic mass is 32.2. The van der Waals surface area contributed by atoms with Crippen molar-refractivity contribution < 1.29 is 22.7 Å². The highest BCUT2D eigenvalue weighted by molar-refractivity contribution is 7.89. The quantitative estimate of drug-likeness (QED) is 0.611. The minimum atomic E-state index is -3.21. The summed E-state index contributed by atoms with van der Waals surface area (Å²) in [5.74, 6) is -1.16. The molecular weight excluding hydrogens is 392 g/mol. The van der Waals surface area contributed by atoms with Gasteiger partial charge in [-0.05, 0) is 35.4 Å². The monoisotopic (exact) mass is 418 g/mol. The van der Waals surface area contributed by atoms with Crippen LogP contribution in [0.25, 0.3) is 0 Å². The second kappa shape index (κ2) is 9.56. The van der Waals surface area contributed by atoms with Crippen LogP contribution >= 0.6 is 0 Å². The summed E-state index contributed by atoms with van der Waals surface area (Å²) in [5.41, 5.74) is 2.73. The van der Waals surface area contributed by atoms with Gasteiger partial charge in [0.05, 0.1) is 11.3 Å². The number of likely N-dealkylation sites (N-methyl/N-ethyl adjacent to an activating group) is 1. The van der Waals surface area contributed by atoms with E-state index in [9.17, 15) is 18.0 Å². The zero-order valence-electron chi connectivity index (χ0n) is 17.1. The number of ether oxygens (including phenoxy) is 1. The van der Waals surface area contributed by atoms with Crippen LogP contribution in [0.15, 0.2) is 48.5 Å². The molecule has 0 aliphatic heterocycles. The summed E-state index contributed by atoms with van der Waals surface area (Å²) in [6, 6.07) is 14.0. The van der Waals surface area contributed by atoms with Gasteiger partial charge in [0.25, 0.3) is 5.91 Å². The van der Waals surface area contributed by atoms with E-state index < -0.39 is 15.8 Å². The van der Waals surface area contributed by atoms with Crippen LogP contribution in [0, 0.1) is 0 Å². The van der Waals surface area contributed by atoms with E-state index in [-0.39, 0.29) is 23.8 Å². The molecule has 0 spiro atoms. The Kier molecular flexibility index (Phi) is 7.39. The third kappa shape index (κ3) is 7.23. The summed E-state index contributed by atoms with van der Waals surface area (Å²) in [7, 11) is 2.34. The van der Waals surface area contributed by atoms with Gasteiger partial charge >= 0.3 is 5.97 Å². The van der Waals surface area contributed by atoms with Gasteiger partial charge in [-0.25, -0.2) is 13.2 Å². The summed E-state index contributed by atoms with van der Waals surface area (Å²) in [6.07, 6.45) is 1.13. The van der Waals surface area contributed by atoms with Crippen LogP contribution in [0.3, 0.4) is 0 Å². The number of amides is 1. The van der Waals surface area contributed by atoms with Crippen LogP contribution in [0.2, 0.25) is 0 Å². The Morgan fingerprint density at radius 3 is 2.21 bits per heavy atom. The first-order valence-corrected chi connectivity index (χ1v) is 11.1. The normalized spacial score (nSPS) is 11.0. The zero-order valence-corrected chi connectivity index (χ0v) is 17.9. The molecule has 8 heteroatoms. The molecule has 29 heavy (non-hydrogen) atoms. The fraction of sp³-hybridized carbons (Fsp3) is 0.333. The largest absolute Gasteiger partial charge is 0.452 e. The molecule has 1 amide bonds. The van der Waals surface area contributed by atoms with Crippen molar-refractivity contribution >= 4 is 27.4 Å². The molecule has 0 bridgehead atoms. The maximum Gasteiger partial charge on any atom is 0.338 e. The Labute approximate surface area is 171 Å². The number of hydrogen-bond acceptors (Lipinski definition) is 6. The number of carbonyl (C=O) groups is 2. The molecule has 0 saturated carbocycles. The first kappa shape index (κ1) is 22.4. The van der Waals surface area contributed by atoms with Crippen LogP contribution in [0.5, 0.6) is 0 Å². The molecule has 156 valence electrons. The summed E-state index contributed by atoms with van der Waals surface area (Å²) in [4.78, 5) is 27.9. The topological polar surface area (TPSA) is 84.0 Å². The number of esters is 1. The lowest BCUT2D eigenvalue weighted by Crippen LogP contribution is -2.30. The standard InChI is InChI=1S/C21H26N2O5S/c1-22(2)19-10-8-16(9-11-19)13-23(3)20(24)14-28-21(25)18-7-5-6-17(12-18)15-29(4,26)27/h5-12H,13-15H2,1-4H3. The van der Waals surface area contributed by atoms with Crippen molar-refractivity contribution in [2.45, 2.75) is 12.3 Å². The summed E-state index contributed by atoms with van der Waals surface area (Å²) in [5, 5.41) is 0. The van der Waals surface area contributed by atoms with Crippen molar-refractivity contribution in [3.63, 3.8) is 0 Å². The average molecular weight is 419 g/mol. The van der Waals surface area contributed by atoms with Gasteiger partial charge < -0.3 is 14.5 Å². The predicted octanol–water partition coefficient (Wildman–Crippen LogP) is 2.11. The van der Waals surface area contributed by atoms with Crippen LogP contribution in [-0.2, 0) is 31.7 Å². The van der Waals surface area contributed by atoms with Crippen LogP contribution in [-0.4, -0.2) is 59.2 Å². The van der Waals surface area contributed by atoms with Crippen LogP contribution in [0.4, 0.5) is 5.69 Å². The second-order valence-electron chi connectivity index (χ2n) is 7.16. The molecule has 0 atom stereocenters. The highest BCUT2D eigenvalue weighted by Gasteiger charge is 2.15. The van der Waals surface area contributed by atoms with E-state index in [1.54, 1.807) is 19.2 Å². The third-order valence-electron chi connectivity index (χ3n) is 4.22. The van der Waals surface area contributed by atoms with Gasteiger partial charge in [-0.3, -0.25) is 4.79 Å². The van der Waals surface area contributed by atoms with Gasteiger partial charge in [0, 0.05) is 39.6 Å². The van der Waals surface area contributed by atoms with Crippen molar-refractivity contribution in [1.82, 2.24) is 4.90 Å². The predicted molar refractivity (Wildman–Crippen MR) is 113 cm³/mol. The Balaban J connectivity index is 1.90. The van der Waals surface area contributed by atoms with E-state index in [4.69, 9.17) is 4.74 Å². The smallest absolute Gasteiger partial charge is 0.338 e. The van der Waals surface area contributed by atoms with E-state index in [1.807, 2.05) is 43.3 Å². The van der Waals surface area contributed by atoms with E-state index in [1.165, 1.54) is 17.0 Å². The number of benzene rings is 2. The van der Waals surface area contributed by atoms with Gasteiger partial charge in [-0.1, -0.05) is 24.3 Å². The Morgan fingerprint density at radius 1 is 0.966 bits per heavy atom. The lowest BCUT2D eigenvalue weighted by atomic mass is 10.1. The maximum absolute atomic E-state index is 12.3. The van der Waals surface area contributed by atoms with E-state index in [2.05, 4.69) is 0 Å². The molecule has 0 heterocycles. The summed E-state index contributed by atoms with van der Waals surface area (Å²) < 4.78 is 27.9. The number of carbonyl (C=O) groups excluding carboxylic acids is 2. The number of anilines is 1. The molecule has 0 aliphatic carbocycles. The lowest BCUT2D eigenvalue weighted by molar-refractivity contribution is -0.133. The van der Waals surface area contributed by atoms with E-state index in [0.717, 1.165) is 17.5 Å². The van der Waals surface area contributed by atoms with Crippen molar-refractivity contribution in [3.8, 4) is 0 Å². The molecule has 0 saturated heterocycles. The Hall–Kier alpha value is -2.87. The van der Waals surface area contributed by atoms with Crippen molar-refractivity contribution in [2.75, 3.05) is 38.9 Å². The number of rotatable bonds is 8. The number of hydrogen-bond donors (Lipinski definition) is 0. The van der Waals surface area contributed by atoms with Crippen LogP contribution in [0.1, 0.15) is 21.5 Å². The van der Waals surface area contributed by atoms with E-state index in [0.29, 0.717) is 12.1 Å². The zero-order chi connectivity index (χ0) is 21.6. The molecule has 7 nitrogen and oxygen atoms in total. The molecule has 2 aromatic rings. The minimum Gasteiger partial charge on any atom is -0.452 e. The van der Waals surface area contributed by atoms with Gasteiger partial charge in [-0.2, -0.15) is 0 Å². The van der Waals surface area contributed by atoms with Gasteiger partial charge in [0.15, 0.2) is 16.4 Å². The number of nitrogens with zero attached hydrogens (tertiary/aromatic N) is 2. The first-order chi connectivity index (χ1) is 13.5. The SMILES string of the molecule is CN(Cc1ccc(N(C)C)cc1)C(=O)COC(=O)c1cccc(CS(C)(=O)=O)c1. The second-order valence-corrected chi connectivity index (χ2v) is 9.30. The van der Waals surface area contributed by atoms with E-state index >= 15 is 0 Å². The number of sulfone groups is 1. The van der Waals surface area contributed by atoms with Gasteiger partial charge in [0.1, 0.15) is 0 Å². The fourth-order valence-electron chi connectivity index (χ4n) is 2.67. The van der Waals surface area contributed by atoms with Gasteiger partial charge in [-0.15, -0.1) is 0 Å². The molecule has 0 aromatic heterocycles. The fourth-order valence-corrected chi connectivity index (χ4v) is 3.46. The molecule has 0 unspecified atom stereocenters. The molecular formula is C21H26N2O5S. The average Bonchev–Trinajstić information content (AvgIpc) is 2.65. The lowest BCUT2D eigenvalue weighted by Gasteiger charge is -2.18. The Bertz CT molecular complexity index is 969. The molecule has 0 N–H and O–H groups in total. The minimum absolute atomic E-state index is 0.164. The maximum atomic E-state index is 12.3. The molecule has 0 fully saturated rings. The first-order valence-electron chi connectivity index (χ1n) is 8.99. The molecule has 2 rings (SSSR count).